The summed E-state index contributed by atoms with van der Waals surface area (Å²) in [7, 11) is 2.22. The number of rotatable bonds is 0. The summed E-state index contributed by atoms with van der Waals surface area (Å²) in [6.45, 7) is 4.96. The van der Waals surface area contributed by atoms with Crippen LogP contribution in [0, 0.1) is 11.8 Å². The number of nitrogens with zero attached hydrogens (tertiary/aromatic N) is 2. The number of likely N-dealkylation sites (tertiary alicyclic amines) is 1. The third-order valence-corrected chi connectivity index (χ3v) is 3.31. The summed E-state index contributed by atoms with van der Waals surface area (Å²) in [6, 6.07) is 0. The Morgan fingerprint density at radius 1 is 1.18 bits per heavy atom. The monoisotopic (exact) mass is 172 g/mol. The average Bonchev–Trinajstić information content (AvgIpc) is 2.27. The lowest BCUT2D eigenvalue weighted by molar-refractivity contribution is 0.178. The second-order valence-electron chi connectivity index (χ2n) is 3.94. The van der Waals surface area contributed by atoms with E-state index in [1.165, 1.54) is 32.6 Å². The van der Waals surface area contributed by atoms with Gasteiger partial charge in [-0.05, 0) is 31.8 Å². The Kier molecular flexibility index (Phi) is 2.12. The molecule has 0 radical (unpaired) electrons. The molecule has 0 N–H and O–H groups in total. The molecule has 2 unspecified atom stereocenters. The first kappa shape index (κ1) is 7.90. The molecule has 0 aromatic heterocycles. The standard InChI is InChI=1S/C8H16N2S/c1-9-3-2-7-5-10(11)6-8(7)4-9/h7-8,11H,2-6H2,1H3. The Bertz CT molecular complexity index is 151. The molecule has 2 aliphatic rings. The van der Waals surface area contributed by atoms with E-state index >= 15 is 0 Å². The normalized spacial score (nSPS) is 40.9. The number of fused-ring (bicyclic) bond motifs is 1. The molecular weight excluding hydrogens is 156 g/mol. The Balaban J connectivity index is 1.97. The predicted molar refractivity (Wildman–Crippen MR) is 49.7 cm³/mol. The molecule has 2 nitrogen and oxygen atoms in total. The highest BCUT2D eigenvalue weighted by Gasteiger charge is 2.34. The number of hydrogen-bond donors (Lipinski definition) is 1. The van der Waals surface area contributed by atoms with Crippen LogP contribution in [0.5, 0.6) is 0 Å². The van der Waals surface area contributed by atoms with Crippen molar-refractivity contribution in [3.63, 3.8) is 0 Å². The molecule has 3 heteroatoms. The van der Waals surface area contributed by atoms with E-state index < -0.39 is 0 Å². The minimum atomic E-state index is 0.895. The summed E-state index contributed by atoms with van der Waals surface area (Å²) in [4.78, 5) is 2.44. The van der Waals surface area contributed by atoms with Gasteiger partial charge in [-0.2, -0.15) is 0 Å². The fourth-order valence-electron chi connectivity index (χ4n) is 2.33. The zero-order valence-corrected chi connectivity index (χ0v) is 7.93. The second-order valence-corrected chi connectivity index (χ2v) is 4.51. The first-order valence-corrected chi connectivity index (χ1v) is 4.78. The first-order valence-electron chi connectivity index (χ1n) is 4.38. The van der Waals surface area contributed by atoms with Crippen LogP contribution < -0.4 is 0 Å². The van der Waals surface area contributed by atoms with Crippen LogP contribution in [0.15, 0.2) is 0 Å². The Morgan fingerprint density at radius 3 is 2.73 bits per heavy atom. The topological polar surface area (TPSA) is 6.48 Å². The summed E-state index contributed by atoms with van der Waals surface area (Å²) in [5.74, 6) is 1.83. The van der Waals surface area contributed by atoms with Gasteiger partial charge in [0.25, 0.3) is 0 Å². The Hall–Kier alpha value is 0.270. The summed E-state index contributed by atoms with van der Waals surface area (Å²) >= 11 is 4.39. The molecule has 0 spiro atoms. The molecule has 0 amide bonds. The van der Waals surface area contributed by atoms with Gasteiger partial charge in [-0.1, -0.05) is 12.8 Å². The van der Waals surface area contributed by atoms with E-state index in [9.17, 15) is 0 Å². The van der Waals surface area contributed by atoms with Crippen LogP contribution in [0.1, 0.15) is 6.42 Å². The largest absolute Gasteiger partial charge is 0.306 e. The fourth-order valence-corrected chi connectivity index (χ4v) is 2.75. The van der Waals surface area contributed by atoms with E-state index in [2.05, 4.69) is 29.1 Å². The summed E-state index contributed by atoms with van der Waals surface area (Å²) in [5.41, 5.74) is 0. The zero-order chi connectivity index (χ0) is 7.84. The maximum atomic E-state index is 4.39. The predicted octanol–water partition coefficient (Wildman–Crippen LogP) is 0.715. The van der Waals surface area contributed by atoms with Gasteiger partial charge < -0.3 is 4.90 Å². The highest BCUT2D eigenvalue weighted by Crippen LogP contribution is 2.30. The van der Waals surface area contributed by atoms with Gasteiger partial charge in [0.1, 0.15) is 0 Å². The van der Waals surface area contributed by atoms with Crippen molar-refractivity contribution in [3.8, 4) is 0 Å². The van der Waals surface area contributed by atoms with Crippen molar-refractivity contribution < 1.29 is 0 Å². The lowest BCUT2D eigenvalue weighted by Crippen LogP contribution is -2.37. The molecule has 2 rings (SSSR count). The quantitative estimate of drug-likeness (QED) is 0.538. The zero-order valence-electron chi connectivity index (χ0n) is 7.03. The third kappa shape index (κ3) is 1.55. The van der Waals surface area contributed by atoms with Crippen molar-refractivity contribution in [2.45, 2.75) is 6.42 Å². The molecular formula is C8H16N2S. The molecule has 0 aromatic rings. The van der Waals surface area contributed by atoms with Crippen LogP contribution in [0.25, 0.3) is 0 Å². The van der Waals surface area contributed by atoms with E-state index in [0.29, 0.717) is 0 Å². The van der Waals surface area contributed by atoms with E-state index in [1.807, 2.05) is 0 Å². The molecule has 2 fully saturated rings. The molecule has 2 saturated heterocycles. The minimum Gasteiger partial charge on any atom is -0.306 e. The maximum Gasteiger partial charge on any atom is 0.0131 e. The lowest BCUT2D eigenvalue weighted by atomic mass is 9.89. The molecule has 0 bridgehead atoms. The molecule has 11 heavy (non-hydrogen) atoms. The Morgan fingerprint density at radius 2 is 1.91 bits per heavy atom. The van der Waals surface area contributed by atoms with Gasteiger partial charge in [-0.3, -0.25) is 4.31 Å². The first-order chi connectivity index (χ1) is 5.25. The molecule has 2 atom stereocenters. The molecule has 2 heterocycles. The van der Waals surface area contributed by atoms with Gasteiger partial charge in [0.15, 0.2) is 0 Å². The van der Waals surface area contributed by atoms with Crippen LogP contribution in [-0.4, -0.2) is 42.4 Å². The van der Waals surface area contributed by atoms with E-state index in [0.717, 1.165) is 11.8 Å². The lowest BCUT2D eigenvalue weighted by Gasteiger charge is -2.31. The SMILES string of the molecule is CN1CCC2CN(S)CC2C1. The van der Waals surface area contributed by atoms with Crippen molar-refractivity contribution in [1.82, 2.24) is 9.21 Å². The van der Waals surface area contributed by atoms with Gasteiger partial charge in [0.05, 0.1) is 0 Å². The maximum absolute atomic E-state index is 4.39. The van der Waals surface area contributed by atoms with Crippen LogP contribution in [0.2, 0.25) is 0 Å². The van der Waals surface area contributed by atoms with Crippen LogP contribution in [-0.2, 0) is 0 Å². The highest BCUT2D eigenvalue weighted by atomic mass is 32.1. The highest BCUT2D eigenvalue weighted by molar-refractivity contribution is 7.77. The van der Waals surface area contributed by atoms with E-state index in [-0.39, 0.29) is 0 Å². The van der Waals surface area contributed by atoms with Crippen LogP contribution >= 0.6 is 12.8 Å². The molecule has 0 aromatic carbocycles. The summed E-state index contributed by atoms with van der Waals surface area (Å²) < 4.78 is 2.18. The molecule has 2 aliphatic heterocycles. The van der Waals surface area contributed by atoms with Crippen molar-refractivity contribution in [2.75, 3.05) is 33.2 Å². The molecule has 0 saturated carbocycles. The summed E-state index contributed by atoms with van der Waals surface area (Å²) in [5, 5.41) is 0. The minimum absolute atomic E-state index is 0.895. The third-order valence-electron chi connectivity index (χ3n) is 2.98. The number of thiol groups is 1. The van der Waals surface area contributed by atoms with E-state index in [1.54, 1.807) is 0 Å². The van der Waals surface area contributed by atoms with Gasteiger partial charge in [-0.15, -0.1) is 0 Å². The van der Waals surface area contributed by atoms with Gasteiger partial charge >= 0.3 is 0 Å². The number of piperidine rings is 1. The van der Waals surface area contributed by atoms with E-state index in [4.69, 9.17) is 0 Å². The van der Waals surface area contributed by atoms with Gasteiger partial charge in [0, 0.05) is 19.6 Å². The van der Waals surface area contributed by atoms with Gasteiger partial charge in [-0.25, -0.2) is 0 Å². The van der Waals surface area contributed by atoms with Crippen molar-refractivity contribution in [3.05, 3.63) is 0 Å². The smallest absolute Gasteiger partial charge is 0.0131 e. The second kappa shape index (κ2) is 2.96. The summed E-state index contributed by atoms with van der Waals surface area (Å²) in [6.07, 6.45) is 1.37. The average molecular weight is 172 g/mol. The number of hydrogen-bond acceptors (Lipinski definition) is 3. The Labute approximate surface area is 74.1 Å². The molecule has 0 aliphatic carbocycles. The molecule has 64 valence electrons. The van der Waals surface area contributed by atoms with Crippen molar-refractivity contribution in [2.24, 2.45) is 11.8 Å². The van der Waals surface area contributed by atoms with Crippen LogP contribution in [0.4, 0.5) is 0 Å². The van der Waals surface area contributed by atoms with Crippen LogP contribution in [0.3, 0.4) is 0 Å². The fraction of sp³-hybridized carbons (Fsp3) is 1.00. The van der Waals surface area contributed by atoms with Crippen molar-refractivity contribution in [1.29, 1.82) is 0 Å². The van der Waals surface area contributed by atoms with Crippen molar-refractivity contribution >= 4 is 12.8 Å². The van der Waals surface area contributed by atoms with Gasteiger partial charge in [0.2, 0.25) is 0 Å².